The molecule has 0 aliphatic heterocycles. The van der Waals surface area contributed by atoms with Crippen molar-refractivity contribution >= 4 is 5.97 Å². The smallest absolute Gasteiger partial charge is 0.308 e. The van der Waals surface area contributed by atoms with Gasteiger partial charge in [0.15, 0.2) is 0 Å². The topological polar surface area (TPSA) is 69.4 Å². The van der Waals surface area contributed by atoms with Crippen molar-refractivity contribution in [2.24, 2.45) is 5.92 Å². The Kier molecular flexibility index (Phi) is 4.10. The zero-order chi connectivity index (χ0) is 11.3. The first-order valence-corrected chi connectivity index (χ1v) is 4.82. The van der Waals surface area contributed by atoms with Gasteiger partial charge in [0, 0.05) is 17.8 Å². The molecule has 1 rings (SSSR count). The lowest BCUT2D eigenvalue weighted by Crippen LogP contribution is -2.28. The van der Waals surface area contributed by atoms with Crippen molar-refractivity contribution in [3.05, 3.63) is 10.1 Å². The number of methoxy groups -OCH3 is 1. The van der Waals surface area contributed by atoms with Crippen molar-refractivity contribution in [1.82, 2.24) is 0 Å². The van der Waals surface area contributed by atoms with Crippen molar-refractivity contribution in [2.75, 3.05) is 7.11 Å². The van der Waals surface area contributed by atoms with E-state index < -0.39 is 6.04 Å². The fraction of sp³-hybridized carbons (Fsp3) is 0.700. The van der Waals surface area contributed by atoms with E-state index in [0.717, 1.165) is 0 Å². The molecule has 0 saturated carbocycles. The van der Waals surface area contributed by atoms with Gasteiger partial charge in [-0.3, -0.25) is 14.9 Å². The van der Waals surface area contributed by atoms with Crippen LogP contribution in [0.3, 0.4) is 0 Å². The molecule has 0 radical (unpaired) electrons. The summed E-state index contributed by atoms with van der Waals surface area (Å²) in [4.78, 5) is 21.6. The van der Waals surface area contributed by atoms with Crippen LogP contribution in [0.2, 0.25) is 0 Å². The number of nitro groups is 1. The third-order valence-electron chi connectivity index (χ3n) is 2.47. The van der Waals surface area contributed by atoms with Crippen LogP contribution in [0, 0.1) is 27.9 Å². The Morgan fingerprint density at radius 1 is 1.53 bits per heavy atom. The van der Waals surface area contributed by atoms with Gasteiger partial charge in [-0.15, -0.1) is 5.92 Å². The number of carbonyl (C=O) groups excluding carboxylic acids is 1. The lowest BCUT2D eigenvalue weighted by Gasteiger charge is -2.16. The summed E-state index contributed by atoms with van der Waals surface area (Å²) < 4.78 is 4.60. The van der Waals surface area contributed by atoms with Gasteiger partial charge >= 0.3 is 5.97 Å². The van der Waals surface area contributed by atoms with Crippen molar-refractivity contribution in [2.45, 2.75) is 31.7 Å². The van der Waals surface area contributed by atoms with Crippen molar-refractivity contribution < 1.29 is 14.5 Å². The third-order valence-corrected chi connectivity index (χ3v) is 2.47. The minimum absolute atomic E-state index is 0.223. The van der Waals surface area contributed by atoms with Crippen molar-refractivity contribution in [1.29, 1.82) is 0 Å². The van der Waals surface area contributed by atoms with Crippen LogP contribution in [0.15, 0.2) is 0 Å². The van der Waals surface area contributed by atoms with E-state index >= 15 is 0 Å². The molecule has 5 heteroatoms. The van der Waals surface area contributed by atoms with Crippen LogP contribution >= 0.6 is 0 Å². The fourth-order valence-electron chi connectivity index (χ4n) is 1.60. The first-order chi connectivity index (χ1) is 7.15. The Hall–Kier alpha value is -1.57. The van der Waals surface area contributed by atoms with Gasteiger partial charge in [0.05, 0.1) is 19.4 Å². The molecule has 5 nitrogen and oxygen atoms in total. The number of esters is 1. The molecule has 15 heavy (non-hydrogen) atoms. The zero-order valence-electron chi connectivity index (χ0n) is 8.56. The number of carbonyl (C=O) groups is 1. The molecular weight excluding hydrogens is 198 g/mol. The summed E-state index contributed by atoms with van der Waals surface area (Å²) in [7, 11) is 1.30. The highest BCUT2D eigenvalue weighted by molar-refractivity contribution is 5.72. The van der Waals surface area contributed by atoms with E-state index in [1.54, 1.807) is 0 Å². The summed E-state index contributed by atoms with van der Waals surface area (Å²) in [5.41, 5.74) is 0. The molecule has 0 N–H and O–H groups in total. The molecule has 0 aromatic heterocycles. The van der Waals surface area contributed by atoms with E-state index in [4.69, 9.17) is 0 Å². The number of ether oxygens (including phenoxy) is 1. The quantitative estimate of drug-likeness (QED) is 0.295. The molecule has 2 atom stereocenters. The highest BCUT2D eigenvalue weighted by Gasteiger charge is 2.29. The average Bonchev–Trinajstić information content (AvgIpc) is 2.16. The van der Waals surface area contributed by atoms with E-state index in [1.807, 2.05) is 0 Å². The lowest BCUT2D eigenvalue weighted by atomic mass is 9.92. The second-order valence-electron chi connectivity index (χ2n) is 3.49. The van der Waals surface area contributed by atoms with E-state index in [-0.39, 0.29) is 29.7 Å². The Balaban J connectivity index is 2.71. The monoisotopic (exact) mass is 211 g/mol. The molecule has 0 aromatic rings. The van der Waals surface area contributed by atoms with Gasteiger partial charge in [-0.05, 0) is 6.42 Å². The average molecular weight is 211 g/mol. The summed E-state index contributed by atoms with van der Waals surface area (Å²) in [6, 6.07) is -0.748. The molecule has 2 unspecified atom stereocenters. The number of nitrogens with zero attached hydrogens (tertiary/aromatic N) is 1. The number of rotatable bonds is 2. The van der Waals surface area contributed by atoms with E-state index in [9.17, 15) is 14.9 Å². The molecule has 0 saturated heterocycles. The summed E-state index contributed by atoms with van der Waals surface area (Å²) in [5.74, 6) is 4.81. The molecule has 0 spiro atoms. The van der Waals surface area contributed by atoms with Gasteiger partial charge in [-0.2, -0.15) is 0 Å². The lowest BCUT2D eigenvalue weighted by molar-refractivity contribution is -0.523. The Morgan fingerprint density at radius 3 is 2.87 bits per heavy atom. The molecule has 1 aliphatic rings. The molecule has 0 fully saturated rings. The third kappa shape index (κ3) is 3.24. The second-order valence-corrected chi connectivity index (χ2v) is 3.49. The fourth-order valence-corrected chi connectivity index (χ4v) is 1.60. The summed E-state index contributed by atoms with van der Waals surface area (Å²) in [6.07, 6.45) is 1.60. The van der Waals surface area contributed by atoms with Crippen LogP contribution in [0.1, 0.15) is 25.7 Å². The highest BCUT2D eigenvalue weighted by Crippen LogP contribution is 2.20. The number of hydrogen-bond donors (Lipinski definition) is 0. The minimum Gasteiger partial charge on any atom is -0.469 e. The molecular formula is C10H13NO4. The van der Waals surface area contributed by atoms with Crippen LogP contribution in [0.4, 0.5) is 0 Å². The Labute approximate surface area is 87.9 Å². The van der Waals surface area contributed by atoms with E-state index in [0.29, 0.717) is 12.8 Å². The SMILES string of the molecule is COC(=O)C1CCC#CCC([N+](=O)[O-])C1. The largest absolute Gasteiger partial charge is 0.469 e. The van der Waals surface area contributed by atoms with Crippen LogP contribution in [0.5, 0.6) is 0 Å². The number of hydrogen-bond acceptors (Lipinski definition) is 4. The van der Waals surface area contributed by atoms with Gasteiger partial charge in [-0.1, -0.05) is 5.92 Å². The van der Waals surface area contributed by atoms with Crippen LogP contribution in [0.25, 0.3) is 0 Å². The van der Waals surface area contributed by atoms with Crippen LogP contribution in [-0.4, -0.2) is 24.0 Å². The van der Waals surface area contributed by atoms with Crippen molar-refractivity contribution in [3.8, 4) is 11.8 Å². The van der Waals surface area contributed by atoms with Crippen molar-refractivity contribution in [3.63, 3.8) is 0 Å². The van der Waals surface area contributed by atoms with Gasteiger partial charge in [0.25, 0.3) is 0 Å². The van der Waals surface area contributed by atoms with Gasteiger partial charge in [0.1, 0.15) is 0 Å². The minimum atomic E-state index is -0.748. The van der Waals surface area contributed by atoms with Gasteiger partial charge in [0.2, 0.25) is 6.04 Å². The standard InChI is InChI=1S/C10H13NO4/c1-15-10(12)8-5-3-2-4-6-9(7-8)11(13)14/h8-9H,3,5-7H2,1H3. The zero-order valence-corrected chi connectivity index (χ0v) is 8.56. The molecule has 0 amide bonds. The molecule has 0 aromatic carbocycles. The van der Waals surface area contributed by atoms with E-state index in [2.05, 4.69) is 16.6 Å². The normalized spacial score (nSPS) is 25.4. The van der Waals surface area contributed by atoms with Crippen LogP contribution in [-0.2, 0) is 9.53 Å². The Morgan fingerprint density at radius 2 is 2.27 bits per heavy atom. The predicted octanol–water partition coefficient (Wildman–Crippen LogP) is 0.998. The second kappa shape index (κ2) is 5.35. The Bertz CT molecular complexity index is 315. The van der Waals surface area contributed by atoms with Gasteiger partial charge < -0.3 is 4.74 Å². The summed E-state index contributed by atoms with van der Waals surface area (Å²) in [6.45, 7) is 0. The first-order valence-electron chi connectivity index (χ1n) is 4.82. The maximum absolute atomic E-state index is 11.3. The first kappa shape index (κ1) is 11.5. The van der Waals surface area contributed by atoms with Crippen LogP contribution < -0.4 is 0 Å². The molecule has 82 valence electrons. The summed E-state index contributed by atoms with van der Waals surface area (Å²) in [5, 5.41) is 10.7. The molecule has 1 aliphatic carbocycles. The maximum Gasteiger partial charge on any atom is 0.308 e. The van der Waals surface area contributed by atoms with E-state index in [1.165, 1.54) is 7.11 Å². The van der Waals surface area contributed by atoms with Gasteiger partial charge in [-0.25, -0.2) is 0 Å². The predicted molar refractivity (Wildman–Crippen MR) is 52.5 cm³/mol. The molecule has 0 heterocycles. The maximum atomic E-state index is 11.3. The highest BCUT2D eigenvalue weighted by atomic mass is 16.6. The molecule has 0 bridgehead atoms. The summed E-state index contributed by atoms with van der Waals surface area (Å²) >= 11 is 0.